The van der Waals surface area contributed by atoms with Crippen molar-refractivity contribution in [1.82, 2.24) is 4.98 Å². The molecule has 1 aliphatic heterocycles. The van der Waals surface area contributed by atoms with Gasteiger partial charge >= 0.3 is 0 Å². The molecule has 0 radical (unpaired) electrons. The third-order valence-corrected chi connectivity index (χ3v) is 3.05. The molecular weight excluding hydrogens is 276 g/mol. The Morgan fingerprint density at radius 2 is 2.38 bits per heavy atom. The number of carbonyl (C=O) groups excluding carboxylic acids is 1. The fraction of sp³-hybridized carbons (Fsp3) is 0.400. The number of rotatable bonds is 2. The Balaban J connectivity index is 2.11. The Bertz CT molecular complexity index is 452. The molecule has 0 aromatic carbocycles. The number of carbonyl (C=O) groups is 1. The van der Waals surface area contributed by atoms with Gasteiger partial charge in [-0.05, 0) is 22.4 Å². The van der Waals surface area contributed by atoms with Crippen LogP contribution in [-0.4, -0.2) is 24.1 Å². The molecule has 2 rings (SSSR count). The molecule has 1 unspecified atom stereocenters. The fourth-order valence-corrected chi connectivity index (χ4v) is 1.87. The number of aromatic nitrogens is 1. The molecule has 1 aliphatic rings. The molecule has 1 amide bonds. The van der Waals surface area contributed by atoms with Gasteiger partial charge in [0.2, 0.25) is 11.3 Å². The lowest BCUT2D eigenvalue weighted by atomic mass is 10.1. The van der Waals surface area contributed by atoms with Crippen molar-refractivity contribution >= 4 is 27.5 Å². The van der Waals surface area contributed by atoms with Gasteiger partial charge in [0.05, 0.1) is 17.0 Å². The maximum atomic E-state index is 11.7. The number of hydrogen-bond donors (Lipinski definition) is 2. The van der Waals surface area contributed by atoms with Gasteiger partial charge in [-0.15, -0.1) is 0 Å². The fourth-order valence-electron chi connectivity index (χ4n) is 1.53. The van der Waals surface area contributed by atoms with E-state index in [2.05, 4.69) is 26.2 Å². The van der Waals surface area contributed by atoms with Crippen molar-refractivity contribution in [2.75, 3.05) is 18.5 Å². The molecule has 2 N–H and O–H groups in total. The highest BCUT2D eigenvalue weighted by atomic mass is 79.9. The maximum Gasteiger partial charge on any atom is 0.230 e. The molecule has 1 atom stereocenters. The van der Waals surface area contributed by atoms with E-state index in [1.54, 1.807) is 0 Å². The molecule has 0 aliphatic carbocycles. The van der Waals surface area contributed by atoms with E-state index in [0.29, 0.717) is 24.1 Å². The molecular formula is C10H11BrN2O3. The Morgan fingerprint density at radius 1 is 1.56 bits per heavy atom. The smallest absolute Gasteiger partial charge is 0.230 e. The number of pyridine rings is 1. The predicted molar refractivity (Wildman–Crippen MR) is 62.3 cm³/mol. The van der Waals surface area contributed by atoms with Crippen LogP contribution >= 0.6 is 15.9 Å². The van der Waals surface area contributed by atoms with Crippen molar-refractivity contribution in [2.45, 2.75) is 6.42 Å². The van der Waals surface area contributed by atoms with Crippen molar-refractivity contribution in [2.24, 2.45) is 5.92 Å². The van der Waals surface area contributed by atoms with Crippen LogP contribution in [0.15, 0.2) is 21.7 Å². The molecule has 1 aromatic heterocycles. The van der Waals surface area contributed by atoms with Crippen LogP contribution in [0.1, 0.15) is 6.42 Å². The third kappa shape index (κ3) is 2.33. The number of amides is 1. The van der Waals surface area contributed by atoms with Crippen molar-refractivity contribution in [1.29, 1.82) is 0 Å². The zero-order valence-corrected chi connectivity index (χ0v) is 10.0. The molecule has 16 heavy (non-hydrogen) atoms. The minimum absolute atomic E-state index is 0.154. The molecule has 1 aromatic rings. The number of nitrogens with one attached hydrogen (secondary N) is 2. The van der Waals surface area contributed by atoms with E-state index in [-0.39, 0.29) is 22.9 Å². The van der Waals surface area contributed by atoms with E-state index in [9.17, 15) is 9.59 Å². The minimum Gasteiger partial charge on any atom is -0.381 e. The summed E-state index contributed by atoms with van der Waals surface area (Å²) in [7, 11) is 0. The van der Waals surface area contributed by atoms with E-state index in [1.165, 1.54) is 12.4 Å². The average molecular weight is 287 g/mol. The van der Waals surface area contributed by atoms with E-state index >= 15 is 0 Å². The molecule has 0 bridgehead atoms. The van der Waals surface area contributed by atoms with Gasteiger partial charge in [0.25, 0.3) is 0 Å². The number of halogens is 1. The highest BCUT2D eigenvalue weighted by Gasteiger charge is 2.24. The summed E-state index contributed by atoms with van der Waals surface area (Å²) in [5.74, 6) is -0.320. The highest BCUT2D eigenvalue weighted by Crippen LogP contribution is 2.14. The average Bonchev–Trinajstić information content (AvgIpc) is 2.78. The summed E-state index contributed by atoms with van der Waals surface area (Å²) < 4.78 is 5.51. The van der Waals surface area contributed by atoms with Crippen LogP contribution in [0.5, 0.6) is 0 Å². The lowest BCUT2D eigenvalue weighted by Crippen LogP contribution is -2.26. The summed E-state index contributed by atoms with van der Waals surface area (Å²) in [6.07, 6.45) is 3.70. The quantitative estimate of drug-likeness (QED) is 0.856. The van der Waals surface area contributed by atoms with Gasteiger partial charge in [-0.25, -0.2) is 0 Å². The van der Waals surface area contributed by atoms with Crippen LogP contribution in [0.4, 0.5) is 5.69 Å². The standard InChI is InChI=1S/C10H11BrN2O3/c11-7-3-12-4-8(9(7)14)13-10(15)6-1-2-16-5-6/h3-4,6H,1-2,5H2,(H,12,14)(H,13,15). The summed E-state index contributed by atoms with van der Waals surface area (Å²) in [6, 6.07) is 0. The monoisotopic (exact) mass is 286 g/mol. The SMILES string of the molecule is O=C(Nc1c[nH]cc(Br)c1=O)C1CCOC1. The second-order valence-corrected chi connectivity index (χ2v) is 4.45. The first-order valence-electron chi connectivity index (χ1n) is 4.93. The number of aromatic amines is 1. The van der Waals surface area contributed by atoms with Gasteiger partial charge in [-0.2, -0.15) is 0 Å². The highest BCUT2D eigenvalue weighted by molar-refractivity contribution is 9.10. The van der Waals surface area contributed by atoms with E-state index < -0.39 is 0 Å². The van der Waals surface area contributed by atoms with Gasteiger partial charge in [0, 0.05) is 19.0 Å². The number of hydrogen-bond acceptors (Lipinski definition) is 3. The lowest BCUT2D eigenvalue weighted by Gasteiger charge is -2.08. The van der Waals surface area contributed by atoms with Crippen LogP contribution in [0.3, 0.4) is 0 Å². The number of H-pyrrole nitrogens is 1. The first kappa shape index (κ1) is 11.3. The van der Waals surface area contributed by atoms with Crippen molar-refractivity contribution < 1.29 is 9.53 Å². The second-order valence-electron chi connectivity index (χ2n) is 3.60. The summed E-state index contributed by atoms with van der Waals surface area (Å²) in [6.45, 7) is 1.03. The van der Waals surface area contributed by atoms with Crippen LogP contribution in [0.2, 0.25) is 0 Å². The van der Waals surface area contributed by atoms with Crippen LogP contribution in [0.25, 0.3) is 0 Å². The zero-order chi connectivity index (χ0) is 11.5. The van der Waals surface area contributed by atoms with Gasteiger partial charge in [-0.1, -0.05) is 0 Å². The van der Waals surface area contributed by atoms with Crippen molar-refractivity contribution in [3.8, 4) is 0 Å². The number of ether oxygens (including phenoxy) is 1. The van der Waals surface area contributed by atoms with E-state index in [0.717, 1.165) is 0 Å². The third-order valence-electron chi connectivity index (χ3n) is 2.46. The van der Waals surface area contributed by atoms with E-state index in [1.807, 2.05) is 0 Å². The Labute approximate surface area is 100 Å². The maximum absolute atomic E-state index is 11.7. The summed E-state index contributed by atoms with van der Waals surface area (Å²) in [5.41, 5.74) is 0.0253. The Morgan fingerprint density at radius 3 is 3.06 bits per heavy atom. The van der Waals surface area contributed by atoms with E-state index in [4.69, 9.17) is 4.74 Å². The molecule has 5 nitrogen and oxygen atoms in total. The topological polar surface area (TPSA) is 71.2 Å². The molecule has 86 valence electrons. The molecule has 1 saturated heterocycles. The lowest BCUT2D eigenvalue weighted by molar-refractivity contribution is -0.119. The van der Waals surface area contributed by atoms with Gasteiger partial charge in [-0.3, -0.25) is 9.59 Å². The normalized spacial score (nSPS) is 19.7. The summed E-state index contributed by atoms with van der Waals surface area (Å²) >= 11 is 3.10. The van der Waals surface area contributed by atoms with Gasteiger partial charge < -0.3 is 15.0 Å². The molecule has 2 heterocycles. The molecule has 6 heteroatoms. The summed E-state index contributed by atoms with van der Waals surface area (Å²) in [4.78, 5) is 26.1. The first-order valence-corrected chi connectivity index (χ1v) is 5.73. The Kier molecular flexibility index (Phi) is 3.40. The largest absolute Gasteiger partial charge is 0.381 e. The first-order chi connectivity index (χ1) is 7.68. The minimum atomic E-state index is -0.231. The van der Waals surface area contributed by atoms with Crippen molar-refractivity contribution in [3.63, 3.8) is 0 Å². The zero-order valence-electron chi connectivity index (χ0n) is 8.46. The predicted octanol–water partition coefficient (Wildman–Crippen LogP) is 1.11. The second kappa shape index (κ2) is 4.80. The Hall–Kier alpha value is -1.14. The van der Waals surface area contributed by atoms with Gasteiger partial charge in [0.15, 0.2) is 0 Å². The molecule has 0 saturated carbocycles. The van der Waals surface area contributed by atoms with Crippen LogP contribution < -0.4 is 10.7 Å². The van der Waals surface area contributed by atoms with Crippen LogP contribution in [-0.2, 0) is 9.53 Å². The van der Waals surface area contributed by atoms with Crippen molar-refractivity contribution in [3.05, 3.63) is 27.1 Å². The molecule has 1 fully saturated rings. The van der Waals surface area contributed by atoms with Crippen LogP contribution in [0, 0.1) is 5.92 Å². The number of anilines is 1. The van der Waals surface area contributed by atoms with Gasteiger partial charge in [0.1, 0.15) is 5.69 Å². The molecule has 0 spiro atoms. The summed E-state index contributed by atoms with van der Waals surface area (Å²) in [5, 5.41) is 2.60.